The zero-order valence-corrected chi connectivity index (χ0v) is 46.8. The molecule has 0 bridgehead atoms. The van der Waals surface area contributed by atoms with Crippen molar-refractivity contribution in [1.29, 1.82) is 0 Å². The molecule has 10 heteroatoms. The van der Waals surface area contributed by atoms with E-state index in [0.717, 1.165) is 109 Å². The minimum absolute atomic E-state index is 0.0217. The van der Waals surface area contributed by atoms with Gasteiger partial charge in [0.25, 0.3) is 0 Å². The molecule has 0 fully saturated rings. The molecule has 0 radical (unpaired) electrons. The Hall–Kier alpha value is -3.59. The summed E-state index contributed by atoms with van der Waals surface area (Å²) in [5.41, 5.74) is 0. The number of likely N-dealkylation sites (N-methyl/N-ethyl adjacent to an activating group) is 1. The number of rotatable bonds is 48. The summed E-state index contributed by atoms with van der Waals surface area (Å²) in [6.45, 7) is 6.68. The molecule has 1 amide bonds. The Labute approximate surface area is 435 Å². The number of allylic oxidation sites excluding steroid dienone is 19. The zero-order valence-electron chi connectivity index (χ0n) is 45.9. The number of carbonyl (C=O) groups is 2. The van der Waals surface area contributed by atoms with Crippen LogP contribution < -0.4 is 5.32 Å². The monoisotopic (exact) mass is 1010 g/mol. The Kier molecular flexibility index (Phi) is 47.4. The summed E-state index contributed by atoms with van der Waals surface area (Å²) in [6, 6.07) is -0.884. The van der Waals surface area contributed by atoms with Crippen LogP contribution in [0.3, 0.4) is 0 Å². The van der Waals surface area contributed by atoms with E-state index in [9.17, 15) is 19.0 Å². The smallest absolute Gasteiger partial charge is 0.456 e. The van der Waals surface area contributed by atoms with Gasteiger partial charge in [0.1, 0.15) is 19.3 Å². The number of phosphoric ester groups is 1. The predicted octanol–water partition coefficient (Wildman–Crippen LogP) is 16.8. The first kappa shape index (κ1) is 67.4. The van der Waals surface area contributed by atoms with Gasteiger partial charge >= 0.3 is 13.8 Å². The van der Waals surface area contributed by atoms with Crippen LogP contribution in [0.15, 0.2) is 122 Å². The molecule has 9 nitrogen and oxygen atoms in total. The predicted molar refractivity (Wildman–Crippen MR) is 304 cm³/mol. The van der Waals surface area contributed by atoms with E-state index >= 15 is 0 Å². The van der Waals surface area contributed by atoms with Crippen molar-refractivity contribution in [3.8, 4) is 0 Å². The largest absolute Gasteiger partial charge is 0.472 e. The number of amides is 1. The number of hydrogen-bond donors (Lipinski definition) is 2. The van der Waals surface area contributed by atoms with E-state index in [2.05, 4.69) is 129 Å². The van der Waals surface area contributed by atoms with Gasteiger partial charge in [-0.1, -0.05) is 207 Å². The van der Waals surface area contributed by atoms with E-state index in [-0.39, 0.29) is 31.5 Å². The SMILES string of the molecule is CC/C=C\C/C=C\C/C=C\C/C=C\C/C=C\C/C=C\CCCCC(=O)OC(/C=C\CCCCCCCCCCC)C(COP(=O)(O)OCC[N+](C)(C)C)NC(=O)CCCCCCC\C=C/C=C/C=C/CC. The van der Waals surface area contributed by atoms with Crippen molar-refractivity contribution in [2.45, 2.75) is 213 Å². The highest BCUT2D eigenvalue weighted by atomic mass is 31.2. The maximum atomic E-state index is 13.4. The van der Waals surface area contributed by atoms with Gasteiger partial charge in [0.15, 0.2) is 0 Å². The molecule has 0 spiro atoms. The lowest BCUT2D eigenvalue weighted by atomic mass is 10.1. The molecule has 0 aliphatic heterocycles. The fraction of sp³-hybridized carbons (Fsp3) is 0.639. The van der Waals surface area contributed by atoms with Crippen LogP contribution in [0, 0.1) is 0 Å². The molecule has 0 aromatic carbocycles. The summed E-state index contributed by atoms with van der Waals surface area (Å²) in [5, 5.41) is 3.01. The highest BCUT2D eigenvalue weighted by Crippen LogP contribution is 2.43. The van der Waals surface area contributed by atoms with E-state index in [1.807, 2.05) is 39.4 Å². The molecule has 3 unspecified atom stereocenters. The molecule has 0 aliphatic carbocycles. The number of ether oxygens (including phenoxy) is 1. The lowest BCUT2D eigenvalue weighted by molar-refractivity contribution is -0.870. The van der Waals surface area contributed by atoms with Gasteiger partial charge < -0.3 is 19.4 Å². The van der Waals surface area contributed by atoms with Crippen molar-refractivity contribution < 1.29 is 37.3 Å². The molecule has 0 aromatic heterocycles. The number of quaternary nitrogens is 1. The van der Waals surface area contributed by atoms with Crippen LogP contribution in [0.25, 0.3) is 0 Å². The minimum atomic E-state index is -4.47. The normalized spacial score (nSPS) is 14.7. The third-order valence-corrected chi connectivity index (χ3v) is 12.4. The van der Waals surface area contributed by atoms with E-state index < -0.39 is 20.0 Å². The lowest BCUT2D eigenvalue weighted by Crippen LogP contribution is -2.47. The second-order valence-electron chi connectivity index (χ2n) is 19.4. The first-order valence-electron chi connectivity index (χ1n) is 27.9. The average molecular weight is 1010 g/mol. The lowest BCUT2D eigenvalue weighted by Gasteiger charge is -2.27. The molecule has 0 aliphatic rings. The van der Waals surface area contributed by atoms with E-state index in [4.69, 9.17) is 13.8 Å². The number of phosphoric acid groups is 1. The summed E-state index contributed by atoms with van der Waals surface area (Å²) in [6.07, 6.45) is 69.2. The van der Waals surface area contributed by atoms with E-state index in [1.165, 1.54) is 44.9 Å². The summed E-state index contributed by atoms with van der Waals surface area (Å²) >= 11 is 0. The second-order valence-corrected chi connectivity index (χ2v) is 20.9. The summed E-state index contributed by atoms with van der Waals surface area (Å²) in [7, 11) is 1.43. The van der Waals surface area contributed by atoms with Crippen molar-refractivity contribution in [2.24, 2.45) is 0 Å². The van der Waals surface area contributed by atoms with E-state index in [0.29, 0.717) is 30.3 Å². The Bertz CT molecular complexity index is 1630. The molecular formula is C61H104N2O7P+. The van der Waals surface area contributed by atoms with E-state index in [1.54, 1.807) is 0 Å². The standard InChI is InChI=1S/C61H103N2O7P/c1-7-10-13-16-19-22-25-27-28-29-30-31-32-33-34-36-39-42-45-48-51-54-61(65)70-59(52-49-46-43-40-37-24-21-18-15-12-9-3)58(57-69-71(66,67)68-56-55-63(4,5)6)62-60(64)53-50-47-44-41-38-35-26-23-20-17-14-11-8-2/h10-11,13-14,17,19-20,22-23,26-28,30-31,33-34,39,42,49,52,58-59H,7-9,12,15-16,18,21,24-25,29,32,35-38,40-41,43-48,50-51,53-57H2,1-6H3,(H-,62,64,66,67)/p+1/b13-10-,14-11+,20-17+,22-19-,26-23-,28-27-,31-30-,34-33-,42-39-,52-49-. The van der Waals surface area contributed by atoms with Gasteiger partial charge in [-0.05, 0) is 102 Å². The van der Waals surface area contributed by atoms with Crippen LogP contribution in [0.2, 0.25) is 0 Å². The third-order valence-electron chi connectivity index (χ3n) is 11.5. The maximum absolute atomic E-state index is 13.4. The molecule has 0 rings (SSSR count). The summed E-state index contributed by atoms with van der Waals surface area (Å²) in [4.78, 5) is 37.5. The first-order chi connectivity index (χ1) is 34.4. The van der Waals surface area contributed by atoms with Gasteiger partial charge in [0.05, 0.1) is 33.8 Å². The fourth-order valence-electron chi connectivity index (χ4n) is 7.18. The molecule has 2 N–H and O–H groups in total. The number of esters is 1. The van der Waals surface area contributed by atoms with Crippen LogP contribution >= 0.6 is 7.82 Å². The number of carbonyl (C=O) groups excluding carboxylic acids is 2. The summed E-state index contributed by atoms with van der Waals surface area (Å²) in [5.74, 6) is -0.593. The number of nitrogens with one attached hydrogen (secondary N) is 1. The van der Waals surface area contributed by atoms with Crippen LogP contribution in [0.5, 0.6) is 0 Å². The zero-order chi connectivity index (χ0) is 52.2. The molecule has 71 heavy (non-hydrogen) atoms. The Morgan fingerprint density at radius 1 is 0.521 bits per heavy atom. The van der Waals surface area contributed by atoms with Gasteiger partial charge in [0, 0.05) is 12.8 Å². The first-order valence-corrected chi connectivity index (χ1v) is 29.4. The van der Waals surface area contributed by atoms with Gasteiger partial charge in [0.2, 0.25) is 5.91 Å². The quantitative estimate of drug-likeness (QED) is 0.0156. The Morgan fingerprint density at radius 2 is 0.972 bits per heavy atom. The fourth-order valence-corrected chi connectivity index (χ4v) is 7.91. The number of hydrogen-bond acceptors (Lipinski definition) is 6. The van der Waals surface area contributed by atoms with Crippen LogP contribution in [-0.2, 0) is 27.9 Å². The molecule has 0 saturated heterocycles. The maximum Gasteiger partial charge on any atom is 0.472 e. The topological polar surface area (TPSA) is 111 Å². The van der Waals surface area contributed by atoms with Crippen LogP contribution in [-0.4, -0.2) is 74.3 Å². The van der Waals surface area contributed by atoms with Gasteiger partial charge in [-0.3, -0.25) is 18.6 Å². The molecule has 0 saturated carbocycles. The van der Waals surface area contributed by atoms with Crippen molar-refractivity contribution in [2.75, 3.05) is 40.9 Å². The summed E-state index contributed by atoms with van der Waals surface area (Å²) < 4.78 is 30.5. The minimum Gasteiger partial charge on any atom is -0.456 e. The molecule has 3 atom stereocenters. The molecular weight excluding hydrogens is 904 g/mol. The highest BCUT2D eigenvalue weighted by Gasteiger charge is 2.30. The third kappa shape index (κ3) is 51.1. The number of nitrogens with zero attached hydrogens (tertiary/aromatic N) is 1. The van der Waals surface area contributed by atoms with Crippen molar-refractivity contribution in [1.82, 2.24) is 5.32 Å². The molecule has 404 valence electrons. The Balaban J connectivity index is 5.42. The molecule has 0 aromatic rings. The van der Waals surface area contributed by atoms with Gasteiger partial charge in [-0.25, -0.2) is 4.57 Å². The van der Waals surface area contributed by atoms with Crippen LogP contribution in [0.1, 0.15) is 201 Å². The highest BCUT2D eigenvalue weighted by molar-refractivity contribution is 7.47. The second kappa shape index (κ2) is 50.0. The van der Waals surface area contributed by atoms with Crippen molar-refractivity contribution in [3.05, 3.63) is 122 Å². The van der Waals surface area contributed by atoms with Crippen molar-refractivity contribution >= 4 is 19.7 Å². The van der Waals surface area contributed by atoms with Crippen molar-refractivity contribution in [3.63, 3.8) is 0 Å². The average Bonchev–Trinajstić information content (AvgIpc) is 3.33. The van der Waals surface area contributed by atoms with Gasteiger partial charge in [-0.15, -0.1) is 0 Å². The van der Waals surface area contributed by atoms with Crippen LogP contribution in [0.4, 0.5) is 0 Å². The number of unbranched alkanes of at least 4 members (excludes halogenated alkanes) is 16. The Morgan fingerprint density at radius 3 is 1.52 bits per heavy atom. The van der Waals surface area contributed by atoms with Gasteiger partial charge in [-0.2, -0.15) is 0 Å². The molecule has 0 heterocycles.